The van der Waals surface area contributed by atoms with E-state index in [2.05, 4.69) is 25.6 Å². The van der Waals surface area contributed by atoms with Crippen LogP contribution in [-0.4, -0.2) is 18.7 Å². The van der Waals surface area contributed by atoms with Gasteiger partial charge in [-0.25, -0.2) is 8.42 Å². The quantitative estimate of drug-likeness (QED) is 0.914. The van der Waals surface area contributed by atoms with Gasteiger partial charge in [0.1, 0.15) is 0 Å². The molecule has 0 aliphatic heterocycles. The van der Waals surface area contributed by atoms with Gasteiger partial charge in [0.2, 0.25) is 10.0 Å². The Labute approximate surface area is 96.3 Å². The molecule has 0 aromatic carbocycles. The van der Waals surface area contributed by atoms with Gasteiger partial charge in [-0.05, 0) is 28.9 Å². The van der Waals surface area contributed by atoms with Crippen LogP contribution < -0.4 is 4.72 Å². The molecule has 80 valence electrons. The fraction of sp³-hybridized carbons (Fsp3) is 0.250. The lowest BCUT2D eigenvalue weighted by Crippen LogP contribution is -2.23. The fourth-order valence-corrected chi connectivity index (χ4v) is 2.05. The van der Waals surface area contributed by atoms with E-state index < -0.39 is 15.3 Å². The number of aromatic nitrogens is 1. The number of hydrogen-bond acceptors (Lipinski definition) is 4. The summed E-state index contributed by atoms with van der Waals surface area (Å²) in [5.74, 6) is 0. The van der Waals surface area contributed by atoms with E-state index in [9.17, 15) is 8.42 Å². The van der Waals surface area contributed by atoms with E-state index in [-0.39, 0.29) is 0 Å². The molecule has 5 nitrogen and oxygen atoms in total. The minimum atomic E-state index is -3.65. The second-order valence-corrected chi connectivity index (χ2v) is 5.63. The summed E-state index contributed by atoms with van der Waals surface area (Å²) in [5.41, 5.74) is 0.368. The Morgan fingerprint density at radius 3 is 2.87 bits per heavy atom. The molecular formula is C8H8BrN3O2S. The van der Waals surface area contributed by atoms with Crippen molar-refractivity contribution in [2.24, 2.45) is 0 Å². The molecule has 1 heterocycles. The van der Waals surface area contributed by atoms with Gasteiger partial charge in [-0.1, -0.05) is 0 Å². The first-order valence-corrected chi connectivity index (χ1v) is 6.32. The third-order valence-corrected chi connectivity index (χ3v) is 3.84. The Morgan fingerprint density at radius 2 is 2.33 bits per heavy atom. The van der Waals surface area contributed by atoms with Crippen LogP contribution in [0.1, 0.15) is 6.92 Å². The molecule has 0 saturated heterocycles. The number of hydrogen-bond donors (Lipinski definition) is 1. The number of nitriles is 1. The lowest BCUT2D eigenvalue weighted by molar-refractivity contribution is 0.597. The van der Waals surface area contributed by atoms with Crippen molar-refractivity contribution in [3.8, 4) is 6.07 Å². The highest BCUT2D eigenvalue weighted by molar-refractivity contribution is 9.10. The molecule has 0 aliphatic carbocycles. The standard InChI is InChI=1S/C8H8BrN3O2S/c1-6(4-10)15(13,14)12-8-2-3-11-5-7(8)9/h2-3,5-6H,1H3,(H,11,12). The molecule has 1 aromatic rings. The van der Waals surface area contributed by atoms with Gasteiger partial charge in [0.05, 0.1) is 16.2 Å². The molecule has 0 amide bonds. The van der Waals surface area contributed by atoms with E-state index in [1.807, 2.05) is 0 Å². The van der Waals surface area contributed by atoms with Crippen molar-refractivity contribution < 1.29 is 8.42 Å². The Morgan fingerprint density at radius 1 is 1.67 bits per heavy atom. The van der Waals surface area contributed by atoms with Gasteiger partial charge in [-0.15, -0.1) is 0 Å². The summed E-state index contributed by atoms with van der Waals surface area (Å²) in [4.78, 5) is 3.79. The zero-order chi connectivity index (χ0) is 11.5. The lowest BCUT2D eigenvalue weighted by atomic mass is 10.4. The number of rotatable bonds is 3. The van der Waals surface area contributed by atoms with E-state index >= 15 is 0 Å². The zero-order valence-electron chi connectivity index (χ0n) is 7.81. The number of halogens is 1. The molecule has 1 unspecified atom stereocenters. The van der Waals surface area contributed by atoms with Crippen molar-refractivity contribution in [3.05, 3.63) is 22.9 Å². The average Bonchev–Trinajstić information content (AvgIpc) is 2.20. The molecular weight excluding hydrogens is 282 g/mol. The molecule has 0 radical (unpaired) electrons. The Bertz CT molecular complexity index is 495. The Balaban J connectivity index is 2.98. The molecule has 0 bridgehead atoms. The molecule has 1 N–H and O–H groups in total. The van der Waals surface area contributed by atoms with Gasteiger partial charge >= 0.3 is 0 Å². The van der Waals surface area contributed by atoms with E-state index in [0.29, 0.717) is 10.2 Å². The van der Waals surface area contributed by atoms with Crippen LogP contribution in [0, 0.1) is 11.3 Å². The van der Waals surface area contributed by atoms with Gasteiger partial charge in [0, 0.05) is 12.4 Å². The van der Waals surface area contributed by atoms with Gasteiger partial charge in [0.25, 0.3) is 0 Å². The molecule has 1 atom stereocenters. The normalized spacial score (nSPS) is 12.9. The second kappa shape index (κ2) is 4.59. The Hall–Kier alpha value is -1.13. The Kier molecular flexibility index (Phi) is 3.66. The van der Waals surface area contributed by atoms with Gasteiger partial charge in [-0.3, -0.25) is 9.71 Å². The first kappa shape index (κ1) is 11.9. The van der Waals surface area contributed by atoms with Crippen LogP contribution in [0.25, 0.3) is 0 Å². The fourth-order valence-electron chi connectivity index (χ4n) is 0.769. The van der Waals surface area contributed by atoms with E-state index in [0.717, 1.165) is 0 Å². The maximum atomic E-state index is 11.5. The number of pyridine rings is 1. The van der Waals surface area contributed by atoms with Crippen molar-refractivity contribution in [2.45, 2.75) is 12.2 Å². The van der Waals surface area contributed by atoms with E-state index in [4.69, 9.17) is 5.26 Å². The first-order chi connectivity index (χ1) is 6.97. The van der Waals surface area contributed by atoms with Gasteiger partial charge in [0.15, 0.2) is 5.25 Å². The largest absolute Gasteiger partial charge is 0.281 e. The molecule has 15 heavy (non-hydrogen) atoms. The van der Waals surface area contributed by atoms with Crippen LogP contribution in [0.3, 0.4) is 0 Å². The van der Waals surface area contributed by atoms with E-state index in [1.165, 1.54) is 25.4 Å². The summed E-state index contributed by atoms with van der Waals surface area (Å²) >= 11 is 3.15. The molecule has 0 spiro atoms. The van der Waals surface area contributed by atoms with Gasteiger partial charge in [-0.2, -0.15) is 5.26 Å². The van der Waals surface area contributed by atoms with Crippen LogP contribution >= 0.6 is 15.9 Å². The average molecular weight is 290 g/mol. The van der Waals surface area contributed by atoms with Crippen LogP contribution in [-0.2, 0) is 10.0 Å². The van der Waals surface area contributed by atoms with Gasteiger partial charge < -0.3 is 0 Å². The summed E-state index contributed by atoms with van der Waals surface area (Å²) in [6, 6.07) is 3.17. The van der Waals surface area contributed by atoms with Crippen LogP contribution in [0.2, 0.25) is 0 Å². The summed E-state index contributed by atoms with van der Waals surface area (Å²) in [6.07, 6.45) is 2.93. The number of sulfonamides is 1. The van der Waals surface area contributed by atoms with Crippen molar-refractivity contribution in [1.29, 1.82) is 5.26 Å². The molecule has 7 heteroatoms. The van der Waals surface area contributed by atoms with Crippen molar-refractivity contribution in [2.75, 3.05) is 4.72 Å². The van der Waals surface area contributed by atoms with Crippen molar-refractivity contribution in [3.63, 3.8) is 0 Å². The number of nitrogens with zero attached hydrogens (tertiary/aromatic N) is 2. The molecule has 0 saturated carbocycles. The summed E-state index contributed by atoms with van der Waals surface area (Å²) in [5, 5.41) is 7.43. The maximum absolute atomic E-state index is 11.5. The highest BCUT2D eigenvalue weighted by Crippen LogP contribution is 2.21. The lowest BCUT2D eigenvalue weighted by Gasteiger charge is -2.09. The minimum absolute atomic E-state index is 0.368. The topological polar surface area (TPSA) is 82.8 Å². The zero-order valence-corrected chi connectivity index (χ0v) is 10.2. The highest BCUT2D eigenvalue weighted by atomic mass is 79.9. The molecule has 0 fully saturated rings. The number of anilines is 1. The highest BCUT2D eigenvalue weighted by Gasteiger charge is 2.20. The van der Waals surface area contributed by atoms with Crippen molar-refractivity contribution >= 4 is 31.6 Å². The second-order valence-electron chi connectivity index (χ2n) is 2.77. The number of nitrogens with one attached hydrogen (secondary N) is 1. The summed E-state index contributed by atoms with van der Waals surface area (Å²) < 4.78 is 25.8. The summed E-state index contributed by atoms with van der Waals surface area (Å²) in [6.45, 7) is 1.32. The molecule has 1 aromatic heterocycles. The van der Waals surface area contributed by atoms with Crippen molar-refractivity contribution in [1.82, 2.24) is 4.98 Å². The predicted molar refractivity (Wildman–Crippen MR) is 59.6 cm³/mol. The van der Waals surface area contributed by atoms with Crippen LogP contribution in [0.5, 0.6) is 0 Å². The third kappa shape index (κ3) is 2.91. The molecule has 1 rings (SSSR count). The smallest absolute Gasteiger partial charge is 0.248 e. The van der Waals surface area contributed by atoms with Crippen LogP contribution in [0.4, 0.5) is 5.69 Å². The summed E-state index contributed by atoms with van der Waals surface area (Å²) in [7, 11) is -3.65. The SMILES string of the molecule is CC(C#N)S(=O)(=O)Nc1ccncc1Br. The maximum Gasteiger partial charge on any atom is 0.248 e. The monoisotopic (exact) mass is 289 g/mol. The van der Waals surface area contributed by atoms with Crippen LogP contribution in [0.15, 0.2) is 22.9 Å². The third-order valence-electron chi connectivity index (χ3n) is 1.67. The first-order valence-electron chi connectivity index (χ1n) is 3.98. The van der Waals surface area contributed by atoms with E-state index in [1.54, 1.807) is 6.07 Å². The minimum Gasteiger partial charge on any atom is -0.281 e. The molecule has 0 aliphatic rings. The predicted octanol–water partition coefficient (Wildman–Crippen LogP) is 1.50.